The maximum Gasteiger partial charge on any atom is 0.0948 e. The Hall–Kier alpha value is -0.830. The van der Waals surface area contributed by atoms with Crippen molar-refractivity contribution in [1.29, 1.82) is 0 Å². The van der Waals surface area contributed by atoms with E-state index in [0.29, 0.717) is 11.5 Å². The van der Waals surface area contributed by atoms with E-state index >= 15 is 0 Å². The highest BCUT2D eigenvalue weighted by Crippen LogP contribution is 2.39. The van der Waals surface area contributed by atoms with Gasteiger partial charge in [-0.1, -0.05) is 19.8 Å². The van der Waals surface area contributed by atoms with Gasteiger partial charge in [0.2, 0.25) is 0 Å². The van der Waals surface area contributed by atoms with E-state index in [9.17, 15) is 0 Å². The van der Waals surface area contributed by atoms with Crippen LogP contribution in [0.2, 0.25) is 0 Å². The largest absolute Gasteiger partial charge is 0.333 e. The molecule has 1 aromatic rings. The van der Waals surface area contributed by atoms with Crippen molar-refractivity contribution >= 4 is 0 Å². The van der Waals surface area contributed by atoms with Gasteiger partial charge in [-0.2, -0.15) is 0 Å². The molecule has 2 fully saturated rings. The van der Waals surface area contributed by atoms with Gasteiger partial charge in [0.25, 0.3) is 0 Å². The van der Waals surface area contributed by atoms with E-state index in [1.54, 1.807) is 0 Å². The molecule has 1 saturated heterocycles. The van der Waals surface area contributed by atoms with Crippen LogP contribution in [0.15, 0.2) is 12.5 Å². The average molecular weight is 233 g/mol. The van der Waals surface area contributed by atoms with Crippen LogP contribution < -0.4 is 5.32 Å². The summed E-state index contributed by atoms with van der Waals surface area (Å²) < 4.78 is 2.40. The first-order valence-electron chi connectivity index (χ1n) is 7.00. The van der Waals surface area contributed by atoms with Gasteiger partial charge in [-0.3, -0.25) is 0 Å². The fourth-order valence-electron chi connectivity index (χ4n) is 3.49. The molecule has 2 aliphatic rings. The highest BCUT2D eigenvalue weighted by Gasteiger charge is 2.30. The Morgan fingerprint density at radius 2 is 2.24 bits per heavy atom. The predicted octanol–water partition coefficient (Wildman–Crippen LogP) is 2.89. The lowest BCUT2D eigenvalue weighted by molar-refractivity contribution is 0.275. The zero-order valence-electron chi connectivity index (χ0n) is 10.8. The summed E-state index contributed by atoms with van der Waals surface area (Å²) in [5.74, 6) is 0. The van der Waals surface area contributed by atoms with Crippen LogP contribution in [0, 0.1) is 5.41 Å². The number of aromatic nitrogens is 2. The molecule has 3 nitrogen and oxygen atoms in total. The molecule has 0 amide bonds. The lowest BCUT2D eigenvalue weighted by Gasteiger charge is -2.26. The molecule has 17 heavy (non-hydrogen) atoms. The second kappa shape index (κ2) is 4.45. The summed E-state index contributed by atoms with van der Waals surface area (Å²) in [6.07, 6.45) is 12.2. The van der Waals surface area contributed by atoms with Crippen LogP contribution >= 0.6 is 0 Å². The number of nitrogens with one attached hydrogen (secondary N) is 1. The lowest BCUT2D eigenvalue weighted by atomic mass is 9.88. The van der Waals surface area contributed by atoms with Crippen LogP contribution in [0.3, 0.4) is 0 Å². The molecule has 3 rings (SSSR count). The van der Waals surface area contributed by atoms with E-state index in [1.165, 1.54) is 44.2 Å². The van der Waals surface area contributed by atoms with Crippen LogP contribution in [0.25, 0.3) is 0 Å². The van der Waals surface area contributed by atoms with Crippen molar-refractivity contribution in [3.8, 4) is 0 Å². The monoisotopic (exact) mass is 233 g/mol. The van der Waals surface area contributed by atoms with E-state index in [-0.39, 0.29) is 0 Å². The van der Waals surface area contributed by atoms with Crippen LogP contribution in [0.1, 0.15) is 57.2 Å². The minimum atomic E-state index is 0.508. The maximum absolute atomic E-state index is 4.36. The summed E-state index contributed by atoms with van der Waals surface area (Å²) in [6, 6.07) is 0.544. The summed E-state index contributed by atoms with van der Waals surface area (Å²) in [5, 5.41) is 3.58. The molecule has 0 aromatic carbocycles. The van der Waals surface area contributed by atoms with Gasteiger partial charge in [0.15, 0.2) is 0 Å². The third-order valence-corrected chi connectivity index (χ3v) is 4.52. The van der Waals surface area contributed by atoms with Crippen LogP contribution in [-0.2, 0) is 6.54 Å². The Balaban J connectivity index is 1.76. The van der Waals surface area contributed by atoms with Crippen molar-refractivity contribution in [3.63, 3.8) is 0 Å². The van der Waals surface area contributed by atoms with Gasteiger partial charge in [-0.05, 0) is 37.6 Å². The molecule has 1 N–H and O–H groups in total. The Morgan fingerprint density at radius 3 is 2.94 bits per heavy atom. The van der Waals surface area contributed by atoms with Gasteiger partial charge >= 0.3 is 0 Å². The molecule has 1 aliphatic heterocycles. The standard InChI is InChI=1S/C14H23N3/c1-14(6-2-3-7-14)10-17-11-15-9-13(17)12-5-4-8-16-12/h9,11-12,16H,2-8,10H2,1H3/t12-/m0/s1. The molecule has 94 valence electrons. The summed E-state index contributed by atoms with van der Waals surface area (Å²) in [7, 11) is 0. The number of hydrogen-bond donors (Lipinski definition) is 1. The topological polar surface area (TPSA) is 29.9 Å². The highest BCUT2D eigenvalue weighted by molar-refractivity contribution is 5.08. The molecule has 0 spiro atoms. The minimum absolute atomic E-state index is 0.508. The molecular weight excluding hydrogens is 210 g/mol. The summed E-state index contributed by atoms with van der Waals surface area (Å²) >= 11 is 0. The second-order valence-corrected chi connectivity index (χ2v) is 6.11. The molecule has 0 unspecified atom stereocenters. The Bertz CT molecular complexity index is 371. The Morgan fingerprint density at radius 1 is 1.41 bits per heavy atom. The van der Waals surface area contributed by atoms with Crippen molar-refractivity contribution in [2.45, 2.75) is 58.0 Å². The van der Waals surface area contributed by atoms with Gasteiger partial charge < -0.3 is 9.88 Å². The fourth-order valence-corrected chi connectivity index (χ4v) is 3.49. The molecular formula is C14H23N3. The maximum atomic E-state index is 4.36. The average Bonchev–Trinajstić information content (AvgIpc) is 2.98. The summed E-state index contributed by atoms with van der Waals surface area (Å²) in [5.41, 5.74) is 1.91. The first-order chi connectivity index (χ1) is 8.27. The zero-order chi connectivity index (χ0) is 11.7. The fraction of sp³-hybridized carbons (Fsp3) is 0.786. The molecule has 0 bridgehead atoms. The lowest BCUT2D eigenvalue weighted by Crippen LogP contribution is -2.23. The Labute approximate surface area is 104 Å². The minimum Gasteiger partial charge on any atom is -0.333 e. The number of imidazole rings is 1. The van der Waals surface area contributed by atoms with Crippen LogP contribution in [-0.4, -0.2) is 16.1 Å². The molecule has 1 atom stereocenters. The van der Waals surface area contributed by atoms with E-state index in [0.717, 1.165) is 13.1 Å². The van der Waals surface area contributed by atoms with Crippen LogP contribution in [0.5, 0.6) is 0 Å². The van der Waals surface area contributed by atoms with Gasteiger partial charge in [-0.15, -0.1) is 0 Å². The SMILES string of the molecule is CC1(Cn2cncc2[C@@H]2CCCN2)CCCC1. The van der Waals surface area contributed by atoms with Gasteiger partial charge in [-0.25, -0.2) is 4.98 Å². The molecule has 0 radical (unpaired) electrons. The zero-order valence-corrected chi connectivity index (χ0v) is 10.8. The summed E-state index contributed by atoms with van der Waals surface area (Å²) in [4.78, 5) is 4.36. The first kappa shape index (κ1) is 11.3. The van der Waals surface area contributed by atoms with Crippen molar-refractivity contribution in [3.05, 3.63) is 18.2 Å². The number of hydrogen-bond acceptors (Lipinski definition) is 2. The summed E-state index contributed by atoms with van der Waals surface area (Å²) in [6.45, 7) is 4.75. The van der Waals surface area contributed by atoms with E-state index < -0.39 is 0 Å². The van der Waals surface area contributed by atoms with Crippen molar-refractivity contribution in [2.24, 2.45) is 5.41 Å². The van der Waals surface area contributed by atoms with Gasteiger partial charge in [0.1, 0.15) is 0 Å². The Kier molecular flexibility index (Phi) is 2.95. The molecule has 2 heterocycles. The predicted molar refractivity (Wildman–Crippen MR) is 68.8 cm³/mol. The third kappa shape index (κ3) is 2.25. The first-order valence-corrected chi connectivity index (χ1v) is 7.00. The van der Waals surface area contributed by atoms with Crippen LogP contribution in [0.4, 0.5) is 0 Å². The van der Waals surface area contributed by atoms with E-state index in [1.807, 2.05) is 6.33 Å². The van der Waals surface area contributed by atoms with Crippen molar-refractivity contribution < 1.29 is 0 Å². The molecule has 1 saturated carbocycles. The highest BCUT2D eigenvalue weighted by atomic mass is 15.1. The number of nitrogens with zero attached hydrogens (tertiary/aromatic N) is 2. The van der Waals surface area contributed by atoms with Gasteiger partial charge in [0, 0.05) is 18.8 Å². The molecule has 1 aromatic heterocycles. The smallest absolute Gasteiger partial charge is 0.0948 e. The third-order valence-electron chi connectivity index (χ3n) is 4.52. The van der Waals surface area contributed by atoms with Gasteiger partial charge in [0.05, 0.1) is 12.0 Å². The molecule has 1 aliphatic carbocycles. The quantitative estimate of drug-likeness (QED) is 0.870. The van der Waals surface area contributed by atoms with Crippen molar-refractivity contribution in [2.75, 3.05) is 6.54 Å². The molecule has 3 heteroatoms. The number of rotatable bonds is 3. The van der Waals surface area contributed by atoms with E-state index in [2.05, 4.69) is 28.0 Å². The normalized spacial score (nSPS) is 27.7. The van der Waals surface area contributed by atoms with Crippen molar-refractivity contribution in [1.82, 2.24) is 14.9 Å². The van der Waals surface area contributed by atoms with E-state index in [4.69, 9.17) is 0 Å². The second-order valence-electron chi connectivity index (χ2n) is 6.11.